The quantitative estimate of drug-likeness (QED) is 0.633. The standard InChI is InChI=1S/C23H27Cl2N3O4S/c24-21-8-3-17(14-22(21)25)16-33(30,31)28-9-1-2-18(15-28)23(29)26-19-4-6-20(7-5-19)27-10-12-32-13-11-27/h3-8,14,18H,1-2,9-13,15-16H2,(H,26,29). The molecule has 1 unspecified atom stereocenters. The van der Waals surface area contributed by atoms with Crippen LogP contribution in [0.5, 0.6) is 0 Å². The molecular weight excluding hydrogens is 485 g/mol. The van der Waals surface area contributed by atoms with E-state index in [1.54, 1.807) is 18.2 Å². The van der Waals surface area contributed by atoms with Crippen molar-refractivity contribution in [1.29, 1.82) is 0 Å². The van der Waals surface area contributed by atoms with E-state index >= 15 is 0 Å². The normalized spacial score (nSPS) is 19.9. The molecular formula is C23H27Cl2N3O4S. The molecule has 2 aromatic carbocycles. The highest BCUT2D eigenvalue weighted by Gasteiger charge is 2.32. The lowest BCUT2D eigenvalue weighted by Crippen LogP contribution is -2.44. The lowest BCUT2D eigenvalue weighted by molar-refractivity contribution is -0.120. The largest absolute Gasteiger partial charge is 0.378 e. The molecule has 0 saturated carbocycles. The minimum Gasteiger partial charge on any atom is -0.378 e. The van der Waals surface area contributed by atoms with Gasteiger partial charge in [0, 0.05) is 37.6 Å². The fourth-order valence-electron chi connectivity index (χ4n) is 4.16. The molecule has 2 heterocycles. The maximum Gasteiger partial charge on any atom is 0.228 e. The third kappa shape index (κ3) is 6.19. The number of anilines is 2. The van der Waals surface area contributed by atoms with Crippen molar-refractivity contribution in [3.05, 3.63) is 58.1 Å². The Morgan fingerprint density at radius 3 is 2.45 bits per heavy atom. The van der Waals surface area contributed by atoms with Gasteiger partial charge in [0.05, 0.1) is 34.9 Å². The van der Waals surface area contributed by atoms with Crippen molar-refractivity contribution in [3.63, 3.8) is 0 Å². The van der Waals surface area contributed by atoms with E-state index in [0.717, 1.165) is 18.8 Å². The number of amides is 1. The molecule has 7 nitrogen and oxygen atoms in total. The number of hydrogen-bond acceptors (Lipinski definition) is 5. The summed E-state index contributed by atoms with van der Waals surface area (Å²) in [6.45, 7) is 3.69. The Hall–Kier alpha value is -1.84. The van der Waals surface area contributed by atoms with Crippen molar-refractivity contribution >= 4 is 50.5 Å². The topological polar surface area (TPSA) is 79.0 Å². The van der Waals surface area contributed by atoms with Gasteiger partial charge in [0.1, 0.15) is 0 Å². The highest BCUT2D eigenvalue weighted by molar-refractivity contribution is 7.88. The van der Waals surface area contributed by atoms with E-state index in [2.05, 4.69) is 10.2 Å². The Kier molecular flexibility index (Phi) is 7.81. The summed E-state index contributed by atoms with van der Waals surface area (Å²) in [6.07, 6.45) is 1.28. The molecule has 2 saturated heterocycles. The number of nitrogens with zero attached hydrogens (tertiary/aromatic N) is 2. The van der Waals surface area contributed by atoms with Gasteiger partial charge in [0.25, 0.3) is 0 Å². The van der Waals surface area contributed by atoms with Crippen molar-refractivity contribution in [2.24, 2.45) is 5.92 Å². The van der Waals surface area contributed by atoms with E-state index in [1.807, 2.05) is 24.3 Å². The number of benzene rings is 2. The first kappa shape index (κ1) is 24.3. The van der Waals surface area contributed by atoms with E-state index in [-0.39, 0.29) is 18.2 Å². The molecule has 10 heteroatoms. The van der Waals surface area contributed by atoms with Crippen LogP contribution in [-0.2, 0) is 25.3 Å². The van der Waals surface area contributed by atoms with E-state index in [4.69, 9.17) is 27.9 Å². The summed E-state index contributed by atoms with van der Waals surface area (Å²) >= 11 is 11.9. The fraction of sp³-hybridized carbons (Fsp3) is 0.435. The summed E-state index contributed by atoms with van der Waals surface area (Å²) in [5.74, 6) is -0.744. The number of hydrogen-bond donors (Lipinski definition) is 1. The number of nitrogens with one attached hydrogen (secondary N) is 1. The molecule has 0 bridgehead atoms. The molecule has 1 N–H and O–H groups in total. The van der Waals surface area contributed by atoms with Gasteiger partial charge in [-0.05, 0) is 54.8 Å². The summed E-state index contributed by atoms with van der Waals surface area (Å²) in [5.41, 5.74) is 2.36. The molecule has 4 rings (SSSR count). The lowest BCUT2D eigenvalue weighted by Gasteiger charge is -2.31. The zero-order valence-corrected chi connectivity index (χ0v) is 20.5. The monoisotopic (exact) mass is 511 g/mol. The first-order chi connectivity index (χ1) is 15.8. The summed E-state index contributed by atoms with van der Waals surface area (Å²) in [6, 6.07) is 12.5. The van der Waals surface area contributed by atoms with Crippen molar-refractivity contribution in [3.8, 4) is 0 Å². The number of sulfonamides is 1. The Morgan fingerprint density at radius 1 is 1.03 bits per heavy atom. The third-order valence-electron chi connectivity index (χ3n) is 5.99. The molecule has 0 radical (unpaired) electrons. The van der Waals surface area contributed by atoms with Crippen LogP contribution in [0.1, 0.15) is 18.4 Å². The van der Waals surface area contributed by atoms with Crippen LogP contribution in [0.2, 0.25) is 10.0 Å². The third-order valence-corrected chi connectivity index (χ3v) is 8.55. The van der Waals surface area contributed by atoms with Crippen molar-refractivity contribution in [1.82, 2.24) is 4.31 Å². The van der Waals surface area contributed by atoms with Crippen LogP contribution < -0.4 is 10.2 Å². The number of carbonyl (C=O) groups is 1. The Balaban J connectivity index is 1.36. The number of rotatable bonds is 6. The van der Waals surface area contributed by atoms with Gasteiger partial charge < -0.3 is 15.0 Å². The predicted molar refractivity (Wildman–Crippen MR) is 131 cm³/mol. The summed E-state index contributed by atoms with van der Waals surface area (Å²) in [5, 5.41) is 3.64. The lowest BCUT2D eigenvalue weighted by atomic mass is 9.98. The maximum absolute atomic E-state index is 13.0. The molecule has 2 aromatic rings. The smallest absolute Gasteiger partial charge is 0.228 e. The molecule has 2 aliphatic rings. The van der Waals surface area contributed by atoms with Gasteiger partial charge in [-0.3, -0.25) is 4.79 Å². The molecule has 178 valence electrons. The zero-order chi connectivity index (χ0) is 23.4. The average Bonchev–Trinajstić information content (AvgIpc) is 2.82. The van der Waals surface area contributed by atoms with E-state index in [9.17, 15) is 13.2 Å². The second-order valence-electron chi connectivity index (χ2n) is 8.34. The van der Waals surface area contributed by atoms with Gasteiger partial charge in [0.15, 0.2) is 0 Å². The molecule has 1 amide bonds. The number of piperidine rings is 1. The molecule has 2 aliphatic heterocycles. The zero-order valence-electron chi connectivity index (χ0n) is 18.2. The number of carbonyl (C=O) groups excluding carboxylic acids is 1. The van der Waals surface area contributed by atoms with Crippen LogP contribution in [0.4, 0.5) is 11.4 Å². The Labute approximate surface area is 204 Å². The van der Waals surface area contributed by atoms with Gasteiger partial charge in [-0.15, -0.1) is 0 Å². The Morgan fingerprint density at radius 2 is 1.76 bits per heavy atom. The number of halogens is 2. The van der Waals surface area contributed by atoms with Crippen LogP contribution in [0, 0.1) is 5.92 Å². The van der Waals surface area contributed by atoms with Gasteiger partial charge in [-0.1, -0.05) is 29.3 Å². The number of morpholine rings is 1. The van der Waals surface area contributed by atoms with Gasteiger partial charge in [-0.2, -0.15) is 0 Å². The van der Waals surface area contributed by atoms with Crippen molar-refractivity contribution in [2.45, 2.75) is 18.6 Å². The van der Waals surface area contributed by atoms with Crippen LogP contribution in [0.3, 0.4) is 0 Å². The summed E-state index contributed by atoms with van der Waals surface area (Å²) in [7, 11) is -3.59. The minimum atomic E-state index is -3.59. The van der Waals surface area contributed by atoms with E-state index in [0.29, 0.717) is 53.9 Å². The van der Waals surface area contributed by atoms with Crippen LogP contribution in [0.25, 0.3) is 0 Å². The molecule has 33 heavy (non-hydrogen) atoms. The molecule has 0 aliphatic carbocycles. The van der Waals surface area contributed by atoms with Crippen LogP contribution in [0.15, 0.2) is 42.5 Å². The SMILES string of the molecule is O=C(Nc1ccc(N2CCOCC2)cc1)C1CCCN(S(=O)(=O)Cc2ccc(Cl)c(Cl)c2)C1. The molecule has 1 atom stereocenters. The fourth-order valence-corrected chi connectivity index (χ4v) is 6.08. The van der Waals surface area contributed by atoms with E-state index < -0.39 is 15.9 Å². The molecule has 0 aromatic heterocycles. The van der Waals surface area contributed by atoms with E-state index in [1.165, 1.54) is 4.31 Å². The number of ether oxygens (including phenoxy) is 1. The predicted octanol–water partition coefficient (Wildman–Crippen LogP) is 4.01. The van der Waals surface area contributed by atoms with Gasteiger partial charge in [0.2, 0.25) is 15.9 Å². The van der Waals surface area contributed by atoms with Crippen LogP contribution in [-0.4, -0.2) is 58.0 Å². The van der Waals surface area contributed by atoms with Crippen molar-refractivity contribution in [2.75, 3.05) is 49.6 Å². The van der Waals surface area contributed by atoms with Gasteiger partial charge >= 0.3 is 0 Å². The first-order valence-electron chi connectivity index (χ1n) is 11.0. The van der Waals surface area contributed by atoms with Crippen molar-refractivity contribution < 1.29 is 17.9 Å². The molecule has 0 spiro atoms. The highest BCUT2D eigenvalue weighted by atomic mass is 35.5. The average molecular weight is 512 g/mol. The van der Waals surface area contributed by atoms with Gasteiger partial charge in [-0.25, -0.2) is 12.7 Å². The maximum atomic E-state index is 13.0. The van der Waals surface area contributed by atoms with Crippen LogP contribution >= 0.6 is 23.2 Å². The highest BCUT2D eigenvalue weighted by Crippen LogP contribution is 2.27. The second kappa shape index (κ2) is 10.6. The second-order valence-corrected chi connectivity index (χ2v) is 11.1. The minimum absolute atomic E-state index is 0.163. The summed E-state index contributed by atoms with van der Waals surface area (Å²) in [4.78, 5) is 15.1. The first-order valence-corrected chi connectivity index (χ1v) is 13.3. The Bertz CT molecular complexity index is 1090. The molecule has 2 fully saturated rings. The summed E-state index contributed by atoms with van der Waals surface area (Å²) < 4.78 is 32.7.